The van der Waals surface area contributed by atoms with Crippen molar-refractivity contribution in [1.29, 1.82) is 0 Å². The highest BCUT2D eigenvalue weighted by atomic mass is 35.5. The van der Waals surface area contributed by atoms with Crippen molar-refractivity contribution in [3.63, 3.8) is 0 Å². The van der Waals surface area contributed by atoms with Gasteiger partial charge in [-0.3, -0.25) is 14.2 Å². The first-order chi connectivity index (χ1) is 19.4. The number of benzene rings is 3. The van der Waals surface area contributed by atoms with Crippen LogP contribution in [0.4, 0.5) is 11.4 Å². The number of amides is 2. The van der Waals surface area contributed by atoms with E-state index >= 15 is 0 Å². The van der Waals surface area contributed by atoms with E-state index in [1.165, 1.54) is 18.9 Å². The van der Waals surface area contributed by atoms with E-state index < -0.39 is 0 Å². The molecule has 2 aromatic heterocycles. The van der Waals surface area contributed by atoms with Gasteiger partial charge in [0.25, 0.3) is 5.91 Å². The van der Waals surface area contributed by atoms with E-state index in [0.29, 0.717) is 44.5 Å². The van der Waals surface area contributed by atoms with Gasteiger partial charge < -0.3 is 19.8 Å². The number of hydrogen-bond acceptors (Lipinski definition) is 7. The molecule has 0 atom stereocenters. The molecule has 11 heteroatoms. The Kier molecular flexibility index (Phi) is 8.18. The molecular weight excluding hydrogens is 550 g/mol. The SMILES string of the molecule is COc1cc(NC(=O)c2ccccc2)c(C)cc1NC(=O)CSc1nnc(-c2ccco2)n1-c1ccc(Cl)cc1. The summed E-state index contributed by atoms with van der Waals surface area (Å²) in [7, 11) is 1.50. The molecule has 5 rings (SSSR count). The number of furan rings is 1. The van der Waals surface area contributed by atoms with Crippen molar-refractivity contribution in [2.75, 3.05) is 23.5 Å². The monoisotopic (exact) mass is 573 g/mol. The molecule has 9 nitrogen and oxygen atoms in total. The number of aryl methyl sites for hydroxylation is 1. The third-order valence-corrected chi connectivity index (χ3v) is 7.08. The van der Waals surface area contributed by atoms with Gasteiger partial charge in [-0.25, -0.2) is 0 Å². The number of thioether (sulfide) groups is 1. The quantitative estimate of drug-likeness (QED) is 0.194. The highest BCUT2D eigenvalue weighted by molar-refractivity contribution is 7.99. The average Bonchev–Trinajstić information content (AvgIpc) is 3.64. The lowest BCUT2D eigenvalue weighted by Crippen LogP contribution is -2.16. The number of aromatic nitrogens is 3. The molecular formula is C29H24ClN5O4S. The fourth-order valence-corrected chi connectivity index (χ4v) is 4.82. The van der Waals surface area contributed by atoms with Gasteiger partial charge in [-0.15, -0.1) is 10.2 Å². The standard InChI is InChI=1S/C29H24ClN5O4S/c1-18-15-23(25(38-2)16-22(18)32-28(37)19-7-4-3-5-8-19)31-26(36)17-40-29-34-33-27(24-9-6-14-39-24)35(29)21-12-10-20(30)11-13-21/h3-16H,17H2,1-2H3,(H,31,36)(H,32,37). The Bertz CT molecular complexity index is 1640. The van der Waals surface area contributed by atoms with Crippen LogP contribution in [0.15, 0.2) is 94.7 Å². The zero-order valence-corrected chi connectivity index (χ0v) is 23.1. The second kappa shape index (κ2) is 12.1. The topological polar surface area (TPSA) is 111 Å². The van der Waals surface area contributed by atoms with E-state index in [4.69, 9.17) is 20.8 Å². The number of rotatable bonds is 9. The number of ether oxygens (including phenoxy) is 1. The summed E-state index contributed by atoms with van der Waals surface area (Å²) in [5.74, 6) is 1.00. The van der Waals surface area contributed by atoms with Crippen molar-refractivity contribution in [2.24, 2.45) is 0 Å². The van der Waals surface area contributed by atoms with Crippen LogP contribution in [-0.2, 0) is 4.79 Å². The van der Waals surface area contributed by atoms with Crippen molar-refractivity contribution in [2.45, 2.75) is 12.1 Å². The number of nitrogens with one attached hydrogen (secondary N) is 2. The van der Waals surface area contributed by atoms with Gasteiger partial charge >= 0.3 is 0 Å². The second-order valence-corrected chi connectivity index (χ2v) is 10.00. The third-order valence-electron chi connectivity index (χ3n) is 5.90. The highest BCUT2D eigenvalue weighted by Gasteiger charge is 2.20. The highest BCUT2D eigenvalue weighted by Crippen LogP contribution is 2.33. The molecule has 0 aliphatic heterocycles. The molecule has 0 unspecified atom stereocenters. The first-order valence-corrected chi connectivity index (χ1v) is 13.5. The minimum atomic E-state index is -0.269. The molecule has 2 heterocycles. The molecule has 0 fully saturated rings. The Morgan fingerprint density at radius 3 is 2.45 bits per heavy atom. The van der Waals surface area contributed by atoms with Crippen LogP contribution in [0.3, 0.4) is 0 Å². The maximum atomic E-state index is 13.0. The second-order valence-electron chi connectivity index (χ2n) is 8.62. The molecule has 0 aliphatic carbocycles. The summed E-state index contributed by atoms with van der Waals surface area (Å²) in [4.78, 5) is 25.6. The van der Waals surface area contributed by atoms with E-state index in [0.717, 1.165) is 11.3 Å². The number of methoxy groups -OCH3 is 1. The predicted octanol–water partition coefficient (Wildman–Crippen LogP) is 6.48. The number of carbonyl (C=O) groups excluding carboxylic acids is 2. The summed E-state index contributed by atoms with van der Waals surface area (Å²) in [5, 5.41) is 15.5. The van der Waals surface area contributed by atoms with Crippen molar-refractivity contribution in [3.05, 3.63) is 101 Å². The van der Waals surface area contributed by atoms with Crippen LogP contribution >= 0.6 is 23.4 Å². The zero-order chi connectivity index (χ0) is 28.1. The maximum Gasteiger partial charge on any atom is 0.255 e. The largest absolute Gasteiger partial charge is 0.494 e. The van der Waals surface area contributed by atoms with Crippen LogP contribution in [0.25, 0.3) is 17.3 Å². The minimum Gasteiger partial charge on any atom is -0.494 e. The summed E-state index contributed by atoms with van der Waals surface area (Å²) in [5.41, 5.74) is 3.14. The summed E-state index contributed by atoms with van der Waals surface area (Å²) < 4.78 is 12.9. The Labute approximate surface area is 239 Å². The van der Waals surface area contributed by atoms with Crippen molar-refractivity contribution in [3.8, 4) is 23.0 Å². The van der Waals surface area contributed by atoms with Gasteiger partial charge in [-0.2, -0.15) is 0 Å². The van der Waals surface area contributed by atoms with Gasteiger partial charge in [-0.1, -0.05) is 41.6 Å². The predicted molar refractivity (Wildman–Crippen MR) is 156 cm³/mol. The lowest BCUT2D eigenvalue weighted by atomic mass is 10.1. The fourth-order valence-electron chi connectivity index (χ4n) is 3.94. The third kappa shape index (κ3) is 6.03. The Morgan fingerprint density at radius 1 is 0.975 bits per heavy atom. The van der Waals surface area contributed by atoms with Crippen molar-refractivity contribution in [1.82, 2.24) is 14.8 Å². The lowest BCUT2D eigenvalue weighted by molar-refractivity contribution is -0.113. The summed E-state index contributed by atoms with van der Waals surface area (Å²) in [6.07, 6.45) is 1.56. The van der Waals surface area contributed by atoms with Crippen LogP contribution < -0.4 is 15.4 Å². The molecule has 0 radical (unpaired) electrons. The van der Waals surface area contributed by atoms with E-state index in [1.807, 2.05) is 29.7 Å². The summed E-state index contributed by atoms with van der Waals surface area (Å²) in [6, 6.07) is 23.1. The molecule has 0 bridgehead atoms. The first kappa shape index (κ1) is 27.0. The zero-order valence-electron chi connectivity index (χ0n) is 21.6. The molecule has 0 saturated heterocycles. The Hall–Kier alpha value is -4.54. The van der Waals surface area contributed by atoms with Crippen LogP contribution in [0.1, 0.15) is 15.9 Å². The van der Waals surface area contributed by atoms with Gasteiger partial charge in [0.05, 0.1) is 24.8 Å². The number of carbonyl (C=O) groups is 2. The van der Waals surface area contributed by atoms with E-state index in [9.17, 15) is 9.59 Å². The molecule has 202 valence electrons. The minimum absolute atomic E-state index is 0.0541. The van der Waals surface area contributed by atoms with Crippen LogP contribution in [0.2, 0.25) is 5.02 Å². The molecule has 2 amide bonds. The lowest BCUT2D eigenvalue weighted by Gasteiger charge is -2.15. The molecule has 0 aliphatic rings. The summed E-state index contributed by atoms with van der Waals surface area (Å²) in [6.45, 7) is 1.84. The number of hydrogen-bond donors (Lipinski definition) is 2. The van der Waals surface area contributed by atoms with Gasteiger partial charge in [0.15, 0.2) is 10.9 Å². The fraction of sp³-hybridized carbons (Fsp3) is 0.103. The van der Waals surface area contributed by atoms with Gasteiger partial charge in [0, 0.05) is 28.0 Å². The summed E-state index contributed by atoms with van der Waals surface area (Å²) >= 11 is 7.31. The van der Waals surface area contributed by atoms with Gasteiger partial charge in [0.1, 0.15) is 5.75 Å². The van der Waals surface area contributed by atoms with Gasteiger partial charge in [0.2, 0.25) is 11.7 Å². The number of nitrogens with zero attached hydrogens (tertiary/aromatic N) is 3. The van der Waals surface area contributed by atoms with Gasteiger partial charge in [-0.05, 0) is 67.1 Å². The maximum absolute atomic E-state index is 13.0. The van der Waals surface area contributed by atoms with Crippen molar-refractivity contribution >= 4 is 46.6 Å². The normalized spacial score (nSPS) is 10.8. The molecule has 2 N–H and O–H groups in total. The first-order valence-electron chi connectivity index (χ1n) is 12.2. The smallest absolute Gasteiger partial charge is 0.255 e. The van der Waals surface area contributed by atoms with E-state index in [-0.39, 0.29) is 17.6 Å². The average molecular weight is 574 g/mol. The Morgan fingerprint density at radius 2 is 1.75 bits per heavy atom. The molecule has 0 saturated carbocycles. The van der Waals surface area contributed by atoms with Crippen LogP contribution in [0.5, 0.6) is 5.75 Å². The van der Waals surface area contributed by atoms with Crippen LogP contribution in [0, 0.1) is 6.92 Å². The van der Waals surface area contributed by atoms with Crippen LogP contribution in [-0.4, -0.2) is 39.4 Å². The molecule has 0 spiro atoms. The molecule has 5 aromatic rings. The van der Waals surface area contributed by atoms with E-state index in [2.05, 4.69) is 20.8 Å². The molecule has 40 heavy (non-hydrogen) atoms. The number of halogens is 1. The number of anilines is 2. The molecule has 3 aromatic carbocycles. The Balaban J connectivity index is 1.31. The van der Waals surface area contributed by atoms with Crippen molar-refractivity contribution < 1.29 is 18.7 Å². The van der Waals surface area contributed by atoms with E-state index in [1.54, 1.807) is 66.9 Å².